The fraction of sp³-hybridized carbons (Fsp3) is 0.867. The lowest BCUT2D eigenvalue weighted by molar-refractivity contribution is -0.141. The monoisotopic (exact) mass is 312 g/mol. The highest BCUT2D eigenvalue weighted by atomic mass is 32.2. The molecule has 3 atom stereocenters. The van der Waals surface area contributed by atoms with Crippen LogP contribution in [0.4, 0.5) is 4.79 Å². The van der Waals surface area contributed by atoms with Crippen molar-refractivity contribution in [2.24, 2.45) is 11.8 Å². The van der Waals surface area contributed by atoms with E-state index >= 15 is 0 Å². The number of urea groups is 1. The van der Waals surface area contributed by atoms with Gasteiger partial charge in [0.05, 0.1) is 5.37 Å². The van der Waals surface area contributed by atoms with Crippen molar-refractivity contribution >= 4 is 23.8 Å². The van der Waals surface area contributed by atoms with Gasteiger partial charge in [-0.2, -0.15) is 0 Å². The molecule has 2 aliphatic heterocycles. The molecule has 6 heteroatoms. The van der Waals surface area contributed by atoms with Gasteiger partial charge >= 0.3 is 12.0 Å². The summed E-state index contributed by atoms with van der Waals surface area (Å²) in [5, 5.41) is 9.49. The first-order valence-electron chi connectivity index (χ1n) is 8.03. The van der Waals surface area contributed by atoms with Crippen LogP contribution in [0, 0.1) is 11.8 Å². The average Bonchev–Trinajstić information content (AvgIpc) is 3.02. The van der Waals surface area contributed by atoms with E-state index in [9.17, 15) is 14.7 Å². The van der Waals surface area contributed by atoms with Gasteiger partial charge in [0.1, 0.15) is 6.04 Å². The Labute approximate surface area is 130 Å². The minimum atomic E-state index is -0.858. The van der Waals surface area contributed by atoms with E-state index in [2.05, 4.69) is 6.92 Å². The van der Waals surface area contributed by atoms with E-state index in [1.807, 2.05) is 4.90 Å². The van der Waals surface area contributed by atoms with Crippen LogP contribution in [-0.2, 0) is 4.79 Å². The quantitative estimate of drug-likeness (QED) is 0.866. The lowest BCUT2D eigenvalue weighted by atomic mass is 10.0. The summed E-state index contributed by atoms with van der Waals surface area (Å²) in [5.74, 6) is 0.784. The molecule has 0 bridgehead atoms. The van der Waals surface area contributed by atoms with E-state index in [4.69, 9.17) is 0 Å². The van der Waals surface area contributed by atoms with Crippen LogP contribution in [0.2, 0.25) is 0 Å². The normalized spacial score (nSPS) is 32.7. The molecule has 0 spiro atoms. The second kappa shape index (κ2) is 6.07. The molecule has 3 aliphatic rings. The lowest BCUT2D eigenvalue weighted by Gasteiger charge is -2.31. The van der Waals surface area contributed by atoms with Gasteiger partial charge in [0.2, 0.25) is 0 Å². The minimum Gasteiger partial charge on any atom is -0.480 e. The topological polar surface area (TPSA) is 60.9 Å². The van der Waals surface area contributed by atoms with Gasteiger partial charge < -0.3 is 10.0 Å². The van der Waals surface area contributed by atoms with E-state index in [0.717, 1.165) is 45.2 Å². The molecular weight excluding hydrogens is 288 g/mol. The highest BCUT2D eigenvalue weighted by Crippen LogP contribution is 2.46. The Morgan fingerprint density at radius 1 is 1.29 bits per heavy atom. The van der Waals surface area contributed by atoms with Crippen molar-refractivity contribution in [3.63, 3.8) is 0 Å². The number of carboxylic acids is 1. The van der Waals surface area contributed by atoms with E-state index in [1.165, 1.54) is 0 Å². The van der Waals surface area contributed by atoms with Crippen molar-refractivity contribution in [1.82, 2.24) is 9.80 Å². The Morgan fingerprint density at radius 2 is 2.05 bits per heavy atom. The zero-order chi connectivity index (χ0) is 15.0. The molecule has 21 heavy (non-hydrogen) atoms. The number of carbonyl (C=O) groups is 2. The molecule has 1 aliphatic carbocycles. The van der Waals surface area contributed by atoms with Gasteiger partial charge in [0, 0.05) is 18.8 Å². The third kappa shape index (κ3) is 3.00. The number of rotatable bonds is 4. The summed E-state index contributed by atoms with van der Waals surface area (Å²) >= 11 is 1.65. The van der Waals surface area contributed by atoms with Crippen LogP contribution in [-0.4, -0.2) is 57.2 Å². The maximum atomic E-state index is 12.8. The van der Waals surface area contributed by atoms with Crippen molar-refractivity contribution in [2.45, 2.75) is 50.4 Å². The van der Waals surface area contributed by atoms with Crippen LogP contribution in [0.1, 0.15) is 39.0 Å². The van der Waals surface area contributed by atoms with Crippen LogP contribution < -0.4 is 0 Å². The molecule has 0 aromatic heterocycles. The van der Waals surface area contributed by atoms with Crippen molar-refractivity contribution in [2.75, 3.05) is 18.8 Å². The molecule has 3 fully saturated rings. The summed E-state index contributed by atoms with van der Waals surface area (Å²) in [6.07, 6.45) is 5.63. The first-order chi connectivity index (χ1) is 10.1. The predicted molar refractivity (Wildman–Crippen MR) is 82.2 cm³/mol. The summed E-state index contributed by atoms with van der Waals surface area (Å²) in [6.45, 7) is 3.76. The van der Waals surface area contributed by atoms with Crippen molar-refractivity contribution < 1.29 is 14.7 Å². The minimum absolute atomic E-state index is 0.0390. The van der Waals surface area contributed by atoms with Crippen LogP contribution in [0.25, 0.3) is 0 Å². The predicted octanol–water partition coefficient (Wildman–Crippen LogP) is 2.47. The number of hydrogen-bond acceptors (Lipinski definition) is 3. The van der Waals surface area contributed by atoms with E-state index in [0.29, 0.717) is 17.6 Å². The number of hydrogen-bond donors (Lipinski definition) is 1. The number of amides is 2. The largest absolute Gasteiger partial charge is 0.480 e. The number of thioether (sulfide) groups is 1. The SMILES string of the molecule is CCCC1CCN(C(=O)N2C(C(=O)O)CSC2C2CC2)C1. The molecule has 3 unspecified atom stereocenters. The third-order valence-corrected chi connectivity index (χ3v) is 6.28. The molecule has 1 saturated carbocycles. The van der Waals surface area contributed by atoms with E-state index < -0.39 is 12.0 Å². The molecule has 118 valence electrons. The van der Waals surface area contributed by atoms with Gasteiger partial charge in [-0.1, -0.05) is 13.3 Å². The van der Waals surface area contributed by atoms with Crippen molar-refractivity contribution in [3.05, 3.63) is 0 Å². The number of carboxylic acid groups (broad SMARTS) is 1. The molecule has 2 amide bonds. The summed E-state index contributed by atoms with van der Waals surface area (Å²) in [5.41, 5.74) is 0. The second-order valence-electron chi connectivity index (χ2n) is 6.49. The zero-order valence-electron chi connectivity index (χ0n) is 12.5. The zero-order valence-corrected chi connectivity index (χ0v) is 13.3. The molecule has 0 aromatic rings. The van der Waals surface area contributed by atoms with Gasteiger partial charge in [-0.3, -0.25) is 4.90 Å². The van der Waals surface area contributed by atoms with Crippen molar-refractivity contribution in [1.29, 1.82) is 0 Å². The third-order valence-electron chi connectivity index (χ3n) is 4.82. The summed E-state index contributed by atoms with van der Waals surface area (Å²) in [7, 11) is 0. The van der Waals surface area contributed by atoms with Gasteiger partial charge in [0.15, 0.2) is 0 Å². The lowest BCUT2D eigenvalue weighted by Crippen LogP contribution is -2.51. The van der Waals surface area contributed by atoms with Crippen LogP contribution >= 0.6 is 11.8 Å². The van der Waals surface area contributed by atoms with Gasteiger partial charge in [-0.25, -0.2) is 9.59 Å². The highest BCUT2D eigenvalue weighted by molar-refractivity contribution is 8.00. The molecule has 2 saturated heterocycles. The fourth-order valence-electron chi connectivity index (χ4n) is 3.52. The molecule has 0 radical (unpaired) electrons. The Hall–Kier alpha value is -0.910. The molecule has 1 N–H and O–H groups in total. The van der Waals surface area contributed by atoms with Gasteiger partial charge in [-0.15, -0.1) is 11.8 Å². The smallest absolute Gasteiger partial charge is 0.327 e. The van der Waals surface area contributed by atoms with Gasteiger partial charge in [0.25, 0.3) is 0 Å². The first kappa shape index (κ1) is 15.0. The second-order valence-corrected chi connectivity index (χ2v) is 7.64. The molecule has 2 heterocycles. The number of likely N-dealkylation sites (tertiary alicyclic amines) is 1. The van der Waals surface area contributed by atoms with E-state index in [1.54, 1.807) is 16.7 Å². The van der Waals surface area contributed by atoms with Crippen LogP contribution in [0.15, 0.2) is 0 Å². The maximum Gasteiger partial charge on any atom is 0.327 e. The fourth-order valence-corrected chi connectivity index (χ4v) is 5.14. The molecule has 3 rings (SSSR count). The Bertz CT molecular complexity index is 427. The van der Waals surface area contributed by atoms with Crippen LogP contribution in [0.3, 0.4) is 0 Å². The first-order valence-corrected chi connectivity index (χ1v) is 9.08. The number of nitrogens with zero attached hydrogens (tertiary/aromatic N) is 2. The number of carbonyl (C=O) groups excluding carboxylic acids is 1. The maximum absolute atomic E-state index is 12.8. The Kier molecular flexibility index (Phi) is 4.33. The highest BCUT2D eigenvalue weighted by Gasteiger charge is 2.49. The average molecular weight is 312 g/mol. The summed E-state index contributed by atoms with van der Waals surface area (Å²) < 4.78 is 0. The van der Waals surface area contributed by atoms with Gasteiger partial charge in [-0.05, 0) is 37.5 Å². The van der Waals surface area contributed by atoms with Crippen LogP contribution in [0.5, 0.6) is 0 Å². The summed E-state index contributed by atoms with van der Waals surface area (Å²) in [4.78, 5) is 27.9. The summed E-state index contributed by atoms with van der Waals surface area (Å²) in [6, 6.07) is -0.679. The standard InChI is InChI=1S/C15H24N2O3S/c1-2-3-10-6-7-16(8-10)15(20)17-12(14(18)19)9-21-13(17)11-4-5-11/h10-13H,2-9H2,1H3,(H,18,19). The molecule has 5 nitrogen and oxygen atoms in total. The van der Waals surface area contributed by atoms with E-state index in [-0.39, 0.29) is 11.4 Å². The Morgan fingerprint density at radius 3 is 2.67 bits per heavy atom. The number of aliphatic carboxylic acids is 1. The van der Waals surface area contributed by atoms with Crippen molar-refractivity contribution in [3.8, 4) is 0 Å². The molecular formula is C15H24N2O3S. The Balaban J connectivity index is 1.69. The molecule has 0 aromatic carbocycles.